The Labute approximate surface area is 345 Å². The number of fused-ring (bicyclic) bond motifs is 2. The molecule has 0 aromatic heterocycles. The lowest BCUT2D eigenvalue weighted by Crippen LogP contribution is -2.56. The maximum absolute atomic E-state index is 13.9. The van der Waals surface area contributed by atoms with Crippen LogP contribution in [0.1, 0.15) is 53.3 Å². The van der Waals surface area contributed by atoms with Gasteiger partial charge in [0.15, 0.2) is 0 Å². The molecule has 13 heteroatoms. The van der Waals surface area contributed by atoms with Gasteiger partial charge in [0.2, 0.25) is 17.9 Å². The number of carbonyl (C=O) groups excluding carboxylic acids is 3. The lowest BCUT2D eigenvalue weighted by atomic mass is 9.90. The number of ether oxygens (including phenoxy) is 2. The van der Waals surface area contributed by atoms with Crippen molar-refractivity contribution in [3.63, 3.8) is 0 Å². The van der Waals surface area contributed by atoms with Gasteiger partial charge in [-0.25, -0.2) is 4.79 Å². The molecule has 0 spiro atoms. The summed E-state index contributed by atoms with van der Waals surface area (Å²) < 4.78 is 12.1. The summed E-state index contributed by atoms with van der Waals surface area (Å²) in [6, 6.07) is 30.1. The topological polar surface area (TPSA) is 158 Å². The van der Waals surface area contributed by atoms with Crippen LogP contribution in [0.4, 0.5) is 5.69 Å². The number of amides is 3. The molecular formula is C45H38Cl2N4O7. The van der Waals surface area contributed by atoms with Crippen LogP contribution < -0.4 is 20.1 Å². The van der Waals surface area contributed by atoms with Crippen molar-refractivity contribution in [2.24, 2.45) is 5.92 Å². The highest BCUT2D eigenvalue weighted by atomic mass is 35.5. The summed E-state index contributed by atoms with van der Waals surface area (Å²) in [5, 5.41) is 25.8. The summed E-state index contributed by atoms with van der Waals surface area (Å²) in [6.07, 6.45) is -0.838. The van der Waals surface area contributed by atoms with E-state index >= 15 is 0 Å². The van der Waals surface area contributed by atoms with Gasteiger partial charge in [0, 0.05) is 30.9 Å². The minimum Gasteiger partial charge on any atom is -0.489 e. The molecule has 7 rings (SSSR count). The van der Waals surface area contributed by atoms with Crippen molar-refractivity contribution in [3.8, 4) is 28.7 Å². The van der Waals surface area contributed by atoms with Gasteiger partial charge in [0.25, 0.3) is 5.91 Å². The van der Waals surface area contributed by atoms with Gasteiger partial charge in [-0.05, 0) is 81.9 Å². The van der Waals surface area contributed by atoms with Gasteiger partial charge in [-0.2, -0.15) is 5.26 Å². The van der Waals surface area contributed by atoms with Crippen LogP contribution in [0.25, 0.3) is 11.1 Å². The SMILES string of the molecule is CC(C)C(=O)N1Cc2cc3c(cc2CC1C(=O)NC(Cc1ccc(-c2ccc(C#N)cc2)cc1)C(=O)O)NC(=O)C(c1ccc(OCc2ccc(Cl)c(Cl)c2)cc1)O3. The summed E-state index contributed by atoms with van der Waals surface area (Å²) in [5.41, 5.74) is 6.39. The van der Waals surface area contributed by atoms with Gasteiger partial charge in [0.05, 0.1) is 27.4 Å². The van der Waals surface area contributed by atoms with Crippen LogP contribution in [0.5, 0.6) is 11.5 Å². The monoisotopic (exact) mass is 816 g/mol. The van der Waals surface area contributed by atoms with Crippen LogP contribution in [0.3, 0.4) is 0 Å². The van der Waals surface area contributed by atoms with E-state index < -0.39 is 36.0 Å². The zero-order chi connectivity index (χ0) is 41.1. The Morgan fingerprint density at radius 1 is 0.914 bits per heavy atom. The van der Waals surface area contributed by atoms with Crippen LogP contribution in [-0.2, 0) is 45.2 Å². The van der Waals surface area contributed by atoms with Gasteiger partial charge >= 0.3 is 5.97 Å². The molecule has 3 atom stereocenters. The first kappa shape index (κ1) is 39.9. The Morgan fingerprint density at radius 2 is 1.59 bits per heavy atom. The number of nitrogens with one attached hydrogen (secondary N) is 2. The quantitative estimate of drug-likeness (QED) is 0.121. The van der Waals surface area contributed by atoms with Crippen molar-refractivity contribution in [1.29, 1.82) is 5.26 Å². The molecule has 0 bridgehead atoms. The molecule has 11 nitrogen and oxygen atoms in total. The highest BCUT2D eigenvalue weighted by Crippen LogP contribution is 2.40. The second-order valence-electron chi connectivity index (χ2n) is 14.5. The summed E-state index contributed by atoms with van der Waals surface area (Å²) >= 11 is 12.1. The Bertz CT molecular complexity index is 2430. The lowest BCUT2D eigenvalue weighted by Gasteiger charge is -2.38. The molecule has 3 amide bonds. The smallest absolute Gasteiger partial charge is 0.326 e. The first-order chi connectivity index (χ1) is 27.9. The normalized spacial score (nSPS) is 16.2. The van der Waals surface area contributed by atoms with Crippen molar-refractivity contribution in [3.05, 3.63) is 147 Å². The molecule has 0 radical (unpaired) electrons. The average Bonchev–Trinajstić information content (AvgIpc) is 3.22. The number of carboxylic acid groups (broad SMARTS) is 1. The number of hydrogen-bond acceptors (Lipinski definition) is 7. The lowest BCUT2D eigenvalue weighted by molar-refractivity contribution is -0.146. The van der Waals surface area contributed by atoms with E-state index in [0.29, 0.717) is 43.9 Å². The van der Waals surface area contributed by atoms with Gasteiger partial charge in [-0.1, -0.05) is 91.6 Å². The fourth-order valence-electron chi connectivity index (χ4n) is 7.02. The predicted molar refractivity (Wildman–Crippen MR) is 218 cm³/mol. The molecule has 5 aromatic rings. The standard InChI is InChI=1S/C45H38Cl2N4O7/c1-25(2)44(54)51-23-33-21-40-37(49-43(53)41(58-40)31-12-14-34(15-13-31)57-24-28-7-16-35(46)36(47)17-28)19-32(33)20-39(51)42(52)50-38(45(55)56)18-26-3-8-29(9-4-26)30-10-5-27(22-48)6-11-30/h3-17,19,21,25,38-39,41H,18,20,23-24H2,1-2H3,(H,49,53)(H,50,52)(H,55,56). The molecule has 0 fully saturated rings. The average molecular weight is 818 g/mol. The van der Waals surface area contributed by atoms with E-state index in [1.165, 1.54) is 4.90 Å². The van der Waals surface area contributed by atoms with Gasteiger partial charge in [-0.15, -0.1) is 0 Å². The van der Waals surface area contributed by atoms with E-state index in [0.717, 1.165) is 27.8 Å². The van der Waals surface area contributed by atoms with Gasteiger partial charge < -0.3 is 30.1 Å². The molecular weight excluding hydrogens is 779 g/mol. The highest BCUT2D eigenvalue weighted by Gasteiger charge is 2.39. The largest absolute Gasteiger partial charge is 0.489 e. The van der Waals surface area contributed by atoms with Crippen LogP contribution in [0, 0.1) is 17.2 Å². The van der Waals surface area contributed by atoms with Crippen molar-refractivity contribution >= 4 is 52.6 Å². The fraction of sp³-hybridized carbons (Fsp3) is 0.222. The predicted octanol–water partition coefficient (Wildman–Crippen LogP) is 7.90. The first-order valence-electron chi connectivity index (χ1n) is 18.6. The molecule has 0 saturated carbocycles. The van der Waals surface area contributed by atoms with Gasteiger partial charge in [-0.3, -0.25) is 14.4 Å². The van der Waals surface area contributed by atoms with Crippen LogP contribution in [-0.4, -0.2) is 45.8 Å². The number of rotatable bonds is 11. The molecule has 294 valence electrons. The number of halogens is 2. The van der Waals surface area contributed by atoms with Gasteiger partial charge in [0.1, 0.15) is 30.2 Å². The Hall–Kier alpha value is -6.35. The van der Waals surface area contributed by atoms with Crippen LogP contribution in [0.15, 0.2) is 103 Å². The summed E-state index contributed by atoms with van der Waals surface area (Å²) in [5.74, 6) is -1.89. The van der Waals surface area contributed by atoms with E-state index in [1.807, 2.05) is 30.3 Å². The molecule has 5 aromatic carbocycles. The van der Waals surface area contributed by atoms with E-state index in [9.17, 15) is 24.3 Å². The maximum Gasteiger partial charge on any atom is 0.326 e. The number of nitriles is 1. The second kappa shape index (κ2) is 17.0. The molecule has 2 heterocycles. The van der Waals surface area contributed by atoms with Crippen molar-refractivity contribution in [2.75, 3.05) is 5.32 Å². The molecule has 3 N–H and O–H groups in total. The zero-order valence-corrected chi connectivity index (χ0v) is 33.0. The van der Waals surface area contributed by atoms with Crippen molar-refractivity contribution in [2.45, 2.75) is 58.0 Å². The number of aliphatic carboxylic acids is 1. The molecule has 58 heavy (non-hydrogen) atoms. The number of carboxylic acids is 1. The maximum atomic E-state index is 13.9. The molecule has 0 saturated heterocycles. The Kier molecular flexibility index (Phi) is 11.7. The third-order valence-corrected chi connectivity index (χ3v) is 10.9. The number of nitrogens with zero attached hydrogens (tertiary/aromatic N) is 2. The molecule has 3 unspecified atom stereocenters. The van der Waals surface area contributed by atoms with Crippen LogP contribution >= 0.6 is 23.2 Å². The summed E-state index contributed by atoms with van der Waals surface area (Å²) in [4.78, 5) is 54.8. The molecule has 2 aliphatic rings. The summed E-state index contributed by atoms with van der Waals surface area (Å²) in [7, 11) is 0. The third kappa shape index (κ3) is 8.79. The van der Waals surface area contributed by atoms with E-state index in [4.69, 9.17) is 37.9 Å². The first-order valence-corrected chi connectivity index (χ1v) is 19.4. The Balaban J connectivity index is 1.04. The fourth-order valence-corrected chi connectivity index (χ4v) is 7.34. The second-order valence-corrected chi connectivity index (χ2v) is 15.4. The van der Waals surface area contributed by atoms with Crippen LogP contribution in [0.2, 0.25) is 10.0 Å². The number of anilines is 1. The minimum absolute atomic E-state index is 0.0166. The van der Waals surface area contributed by atoms with E-state index in [1.54, 1.807) is 86.6 Å². The number of carbonyl (C=O) groups is 4. The zero-order valence-electron chi connectivity index (χ0n) is 31.5. The van der Waals surface area contributed by atoms with Crippen molar-refractivity contribution < 1.29 is 33.8 Å². The number of benzene rings is 5. The van der Waals surface area contributed by atoms with E-state index in [-0.39, 0.29) is 37.8 Å². The molecule has 0 aliphatic carbocycles. The molecule has 2 aliphatic heterocycles. The van der Waals surface area contributed by atoms with Crippen molar-refractivity contribution in [1.82, 2.24) is 10.2 Å². The van der Waals surface area contributed by atoms with E-state index in [2.05, 4.69) is 16.7 Å². The number of hydrogen-bond donors (Lipinski definition) is 3. The minimum atomic E-state index is -1.26. The summed E-state index contributed by atoms with van der Waals surface area (Å²) in [6.45, 7) is 3.84. The highest BCUT2D eigenvalue weighted by molar-refractivity contribution is 6.42. The third-order valence-electron chi connectivity index (χ3n) is 10.2. The Morgan fingerprint density at radius 3 is 2.22 bits per heavy atom.